The van der Waals surface area contributed by atoms with Gasteiger partial charge in [0.2, 0.25) is 5.91 Å². The van der Waals surface area contributed by atoms with E-state index >= 15 is 0 Å². The first kappa shape index (κ1) is 16.5. The van der Waals surface area contributed by atoms with Crippen LogP contribution < -0.4 is 15.8 Å². The summed E-state index contributed by atoms with van der Waals surface area (Å²) in [5.41, 5.74) is 6.24. The molecular formula is C15H24N2O3. The van der Waals surface area contributed by atoms with Gasteiger partial charge in [0.1, 0.15) is 18.5 Å². The Balaban J connectivity index is 2.15. The van der Waals surface area contributed by atoms with Crippen molar-refractivity contribution < 1.29 is 14.6 Å². The summed E-state index contributed by atoms with van der Waals surface area (Å²) in [6, 6.07) is 7.85. The third kappa shape index (κ3) is 7.11. The molecule has 4 N–H and O–H groups in total. The SMILES string of the molecule is CCc1cccc(OCC(O)CNCCCC(N)=O)c1. The number of benzene rings is 1. The summed E-state index contributed by atoms with van der Waals surface area (Å²) in [5, 5.41) is 12.8. The number of carbonyl (C=O) groups is 1. The summed E-state index contributed by atoms with van der Waals surface area (Å²) in [5.74, 6) is 0.476. The third-order valence-electron chi connectivity index (χ3n) is 2.91. The maximum Gasteiger partial charge on any atom is 0.217 e. The Kier molecular flexibility index (Phi) is 7.69. The molecule has 20 heavy (non-hydrogen) atoms. The quantitative estimate of drug-likeness (QED) is 0.555. The van der Waals surface area contributed by atoms with Gasteiger partial charge < -0.3 is 20.9 Å². The molecule has 0 bridgehead atoms. The van der Waals surface area contributed by atoms with E-state index in [0.717, 1.165) is 12.2 Å². The van der Waals surface area contributed by atoms with Crippen molar-refractivity contribution in [2.75, 3.05) is 19.7 Å². The van der Waals surface area contributed by atoms with Crippen LogP contribution in [0.15, 0.2) is 24.3 Å². The Labute approximate surface area is 120 Å². The van der Waals surface area contributed by atoms with Crippen LogP contribution in [0.4, 0.5) is 0 Å². The van der Waals surface area contributed by atoms with Crippen LogP contribution >= 0.6 is 0 Å². The molecule has 5 nitrogen and oxygen atoms in total. The van der Waals surface area contributed by atoms with E-state index in [2.05, 4.69) is 12.2 Å². The first-order valence-electron chi connectivity index (χ1n) is 7.00. The smallest absolute Gasteiger partial charge is 0.217 e. The van der Waals surface area contributed by atoms with Crippen molar-refractivity contribution >= 4 is 5.91 Å². The molecule has 0 aliphatic heterocycles. The third-order valence-corrected chi connectivity index (χ3v) is 2.91. The fraction of sp³-hybridized carbons (Fsp3) is 0.533. The van der Waals surface area contributed by atoms with Crippen molar-refractivity contribution in [3.05, 3.63) is 29.8 Å². The molecule has 112 valence electrons. The molecule has 0 aliphatic carbocycles. The number of rotatable bonds is 10. The van der Waals surface area contributed by atoms with Crippen LogP contribution in [0, 0.1) is 0 Å². The Hall–Kier alpha value is -1.59. The molecule has 1 atom stereocenters. The van der Waals surface area contributed by atoms with E-state index in [0.29, 0.717) is 25.9 Å². The predicted octanol–water partition coefficient (Wildman–Crippen LogP) is 0.844. The number of aliphatic hydroxyl groups excluding tert-OH is 1. The van der Waals surface area contributed by atoms with Crippen molar-refractivity contribution in [1.29, 1.82) is 0 Å². The number of nitrogens with one attached hydrogen (secondary N) is 1. The average molecular weight is 280 g/mol. The molecule has 0 aliphatic rings. The van der Waals surface area contributed by atoms with Crippen molar-refractivity contribution in [1.82, 2.24) is 5.32 Å². The minimum absolute atomic E-state index is 0.246. The van der Waals surface area contributed by atoms with E-state index in [1.807, 2.05) is 24.3 Å². The highest BCUT2D eigenvalue weighted by Crippen LogP contribution is 2.13. The fourth-order valence-corrected chi connectivity index (χ4v) is 1.76. The topological polar surface area (TPSA) is 84.6 Å². The van der Waals surface area contributed by atoms with Crippen LogP contribution in [0.1, 0.15) is 25.3 Å². The van der Waals surface area contributed by atoms with Gasteiger partial charge in [-0.05, 0) is 37.1 Å². The molecule has 0 fully saturated rings. The molecular weight excluding hydrogens is 256 g/mol. The molecule has 0 saturated heterocycles. The van der Waals surface area contributed by atoms with Crippen LogP contribution in [0.3, 0.4) is 0 Å². The Morgan fingerprint density at radius 2 is 2.30 bits per heavy atom. The molecule has 1 aromatic carbocycles. The zero-order chi connectivity index (χ0) is 14.8. The van der Waals surface area contributed by atoms with Crippen LogP contribution in [-0.2, 0) is 11.2 Å². The van der Waals surface area contributed by atoms with Crippen LogP contribution in [0.25, 0.3) is 0 Å². The van der Waals surface area contributed by atoms with Crippen LogP contribution in [0.2, 0.25) is 0 Å². The van der Waals surface area contributed by atoms with Crippen LogP contribution in [0.5, 0.6) is 5.75 Å². The minimum Gasteiger partial charge on any atom is -0.491 e. The molecule has 1 aromatic rings. The lowest BCUT2D eigenvalue weighted by Gasteiger charge is -2.13. The van der Waals surface area contributed by atoms with Gasteiger partial charge in [0.25, 0.3) is 0 Å². The number of ether oxygens (including phenoxy) is 1. The highest BCUT2D eigenvalue weighted by Gasteiger charge is 2.05. The number of aliphatic hydroxyl groups is 1. The molecule has 1 rings (SSSR count). The molecule has 0 radical (unpaired) electrons. The van der Waals surface area contributed by atoms with Gasteiger partial charge in [0, 0.05) is 13.0 Å². The standard InChI is InChI=1S/C15H24N2O3/c1-2-12-5-3-6-14(9-12)20-11-13(18)10-17-8-4-7-15(16)19/h3,5-6,9,13,17-18H,2,4,7-8,10-11H2,1H3,(H2,16,19). The maximum absolute atomic E-state index is 10.5. The maximum atomic E-state index is 10.5. The number of amides is 1. The monoisotopic (exact) mass is 280 g/mol. The number of hydrogen-bond acceptors (Lipinski definition) is 4. The average Bonchev–Trinajstić information content (AvgIpc) is 2.44. The summed E-state index contributed by atoms with van der Waals surface area (Å²) in [6.07, 6.45) is 1.43. The predicted molar refractivity (Wildman–Crippen MR) is 78.6 cm³/mol. The largest absolute Gasteiger partial charge is 0.491 e. The van der Waals surface area contributed by atoms with Crippen molar-refractivity contribution in [3.63, 3.8) is 0 Å². The van der Waals surface area contributed by atoms with Gasteiger partial charge >= 0.3 is 0 Å². The number of hydrogen-bond donors (Lipinski definition) is 3. The van der Waals surface area contributed by atoms with Gasteiger partial charge in [0.05, 0.1) is 0 Å². The summed E-state index contributed by atoms with van der Waals surface area (Å²) < 4.78 is 5.54. The van der Waals surface area contributed by atoms with E-state index in [-0.39, 0.29) is 12.5 Å². The summed E-state index contributed by atoms with van der Waals surface area (Å²) >= 11 is 0. The van der Waals surface area contributed by atoms with Gasteiger partial charge in [-0.25, -0.2) is 0 Å². The van der Waals surface area contributed by atoms with Crippen molar-refractivity contribution in [2.24, 2.45) is 5.73 Å². The number of primary amides is 1. The molecule has 1 unspecified atom stereocenters. The van der Waals surface area contributed by atoms with Gasteiger partial charge in [0.15, 0.2) is 0 Å². The zero-order valence-electron chi connectivity index (χ0n) is 12.0. The molecule has 0 aromatic heterocycles. The highest BCUT2D eigenvalue weighted by molar-refractivity contribution is 5.73. The first-order valence-corrected chi connectivity index (χ1v) is 7.00. The lowest BCUT2D eigenvalue weighted by atomic mass is 10.2. The fourth-order valence-electron chi connectivity index (χ4n) is 1.76. The van der Waals surface area contributed by atoms with Crippen LogP contribution in [-0.4, -0.2) is 36.8 Å². The zero-order valence-corrected chi connectivity index (χ0v) is 12.0. The summed E-state index contributed by atoms with van der Waals surface area (Å²) in [7, 11) is 0. The Morgan fingerprint density at radius 1 is 1.50 bits per heavy atom. The van der Waals surface area contributed by atoms with E-state index in [9.17, 15) is 9.90 Å². The second kappa shape index (κ2) is 9.34. The van der Waals surface area contributed by atoms with Gasteiger partial charge in [-0.2, -0.15) is 0 Å². The minimum atomic E-state index is -0.575. The van der Waals surface area contributed by atoms with Crippen molar-refractivity contribution in [2.45, 2.75) is 32.3 Å². The van der Waals surface area contributed by atoms with Gasteiger partial charge in [-0.1, -0.05) is 19.1 Å². The van der Waals surface area contributed by atoms with Gasteiger partial charge in [-0.15, -0.1) is 0 Å². The molecule has 5 heteroatoms. The molecule has 0 heterocycles. The highest BCUT2D eigenvalue weighted by atomic mass is 16.5. The Bertz CT molecular complexity index is 410. The van der Waals surface area contributed by atoms with E-state index in [1.165, 1.54) is 5.56 Å². The van der Waals surface area contributed by atoms with Gasteiger partial charge in [-0.3, -0.25) is 4.79 Å². The summed E-state index contributed by atoms with van der Waals surface area (Å²) in [6.45, 7) is 3.43. The molecule has 1 amide bonds. The lowest BCUT2D eigenvalue weighted by molar-refractivity contribution is -0.118. The number of carbonyl (C=O) groups excluding carboxylic acids is 1. The summed E-state index contributed by atoms with van der Waals surface area (Å²) in [4.78, 5) is 10.5. The molecule has 0 spiro atoms. The number of aryl methyl sites for hydroxylation is 1. The first-order chi connectivity index (χ1) is 9.61. The van der Waals surface area contributed by atoms with E-state index < -0.39 is 6.10 Å². The lowest BCUT2D eigenvalue weighted by Crippen LogP contribution is -2.32. The normalized spacial score (nSPS) is 12.1. The van der Waals surface area contributed by atoms with Crippen molar-refractivity contribution in [3.8, 4) is 5.75 Å². The number of nitrogens with two attached hydrogens (primary N) is 1. The second-order valence-electron chi connectivity index (χ2n) is 4.74. The Morgan fingerprint density at radius 3 is 3.00 bits per heavy atom. The van der Waals surface area contributed by atoms with E-state index in [1.54, 1.807) is 0 Å². The second-order valence-corrected chi connectivity index (χ2v) is 4.74. The molecule has 0 saturated carbocycles. The van der Waals surface area contributed by atoms with E-state index in [4.69, 9.17) is 10.5 Å².